The van der Waals surface area contributed by atoms with Crippen molar-refractivity contribution >= 4 is 5.82 Å². The summed E-state index contributed by atoms with van der Waals surface area (Å²) in [5, 5.41) is 0. The lowest BCUT2D eigenvalue weighted by Crippen LogP contribution is -3.15. The normalized spacial score (nSPS) is 15.7. The van der Waals surface area contributed by atoms with Crippen LogP contribution >= 0.6 is 0 Å². The third kappa shape index (κ3) is 4.43. The zero-order valence-corrected chi connectivity index (χ0v) is 16.0. The van der Waals surface area contributed by atoms with Crippen LogP contribution in [0, 0.1) is 0 Å². The van der Waals surface area contributed by atoms with Crippen molar-refractivity contribution < 1.29 is 23.1 Å². The molecule has 3 aromatic rings. The lowest BCUT2D eigenvalue weighted by molar-refractivity contribution is -0.926. The minimum Gasteiger partial charge on any atom is -0.318 e. The van der Waals surface area contributed by atoms with Gasteiger partial charge in [0.15, 0.2) is 0 Å². The summed E-state index contributed by atoms with van der Waals surface area (Å²) in [6.45, 7) is 3.38. The van der Waals surface area contributed by atoms with Crippen LogP contribution in [-0.4, -0.2) is 26.2 Å². The van der Waals surface area contributed by atoms with Crippen molar-refractivity contribution in [3.63, 3.8) is 0 Å². The SMILES string of the molecule is FC(F)(F)c1ccc(N2CC[NH+](C(c3ccccc3)c3ccccc3)CC2)[nH+]c1. The largest absolute Gasteiger partial charge is 0.419 e. The summed E-state index contributed by atoms with van der Waals surface area (Å²) < 4.78 is 38.4. The number of hydrogen-bond acceptors (Lipinski definition) is 1. The van der Waals surface area contributed by atoms with E-state index in [9.17, 15) is 13.2 Å². The van der Waals surface area contributed by atoms with E-state index in [0.29, 0.717) is 0 Å². The first-order valence-electron chi connectivity index (χ1n) is 9.81. The third-order valence-corrected chi connectivity index (χ3v) is 5.54. The summed E-state index contributed by atoms with van der Waals surface area (Å²) in [6.07, 6.45) is -3.28. The van der Waals surface area contributed by atoms with Crippen molar-refractivity contribution in [1.82, 2.24) is 0 Å². The Morgan fingerprint density at radius 3 is 1.79 bits per heavy atom. The van der Waals surface area contributed by atoms with Crippen LogP contribution in [0.4, 0.5) is 19.0 Å². The molecule has 0 amide bonds. The van der Waals surface area contributed by atoms with Crippen LogP contribution in [-0.2, 0) is 6.18 Å². The predicted molar refractivity (Wildman–Crippen MR) is 106 cm³/mol. The van der Waals surface area contributed by atoms with Gasteiger partial charge in [0.2, 0.25) is 0 Å². The molecule has 1 fully saturated rings. The Balaban J connectivity index is 1.50. The molecule has 2 N–H and O–H groups in total. The first kappa shape index (κ1) is 19.5. The van der Waals surface area contributed by atoms with Gasteiger partial charge in [0.05, 0.1) is 5.56 Å². The Kier molecular flexibility index (Phi) is 5.53. The highest BCUT2D eigenvalue weighted by molar-refractivity contribution is 5.35. The van der Waals surface area contributed by atoms with Crippen LogP contribution in [0.5, 0.6) is 0 Å². The van der Waals surface area contributed by atoms with Crippen molar-refractivity contribution in [2.45, 2.75) is 12.2 Å². The van der Waals surface area contributed by atoms with E-state index in [-0.39, 0.29) is 6.04 Å². The van der Waals surface area contributed by atoms with Gasteiger partial charge in [-0.2, -0.15) is 13.2 Å². The summed E-state index contributed by atoms with van der Waals surface area (Å²) in [5.41, 5.74) is 1.91. The molecule has 0 unspecified atom stereocenters. The molecule has 0 spiro atoms. The number of quaternary nitrogens is 1. The smallest absolute Gasteiger partial charge is 0.318 e. The number of anilines is 1. The zero-order valence-electron chi connectivity index (χ0n) is 16.0. The number of nitrogens with one attached hydrogen (secondary N) is 2. The second kappa shape index (κ2) is 8.25. The van der Waals surface area contributed by atoms with Crippen LogP contribution in [0.1, 0.15) is 22.7 Å². The first-order chi connectivity index (χ1) is 14.0. The number of aromatic amines is 1. The quantitative estimate of drug-likeness (QED) is 0.716. The Hall–Kier alpha value is -2.86. The van der Waals surface area contributed by atoms with Gasteiger partial charge >= 0.3 is 6.18 Å². The Morgan fingerprint density at radius 1 is 0.793 bits per heavy atom. The molecular weight excluding hydrogens is 375 g/mol. The predicted octanol–water partition coefficient (Wildman–Crippen LogP) is 3.01. The van der Waals surface area contributed by atoms with E-state index in [1.807, 2.05) is 12.1 Å². The number of rotatable bonds is 4. The number of hydrogen-bond donors (Lipinski definition) is 1. The standard InChI is InChI=1S/C23H22F3N3/c24-23(25,26)20-11-12-21(27-17-20)28-13-15-29(16-14-28)22(18-7-3-1-4-8-18)19-9-5-2-6-10-19/h1-12,17,22H,13-16H2/p+2. The molecule has 0 aliphatic carbocycles. The van der Waals surface area contributed by atoms with E-state index < -0.39 is 11.7 Å². The fraction of sp³-hybridized carbons (Fsp3) is 0.261. The minimum atomic E-state index is -4.32. The average molecular weight is 399 g/mol. The van der Waals surface area contributed by atoms with Gasteiger partial charge in [-0.3, -0.25) is 4.90 Å². The second-order valence-electron chi connectivity index (χ2n) is 7.36. The maximum atomic E-state index is 12.8. The summed E-state index contributed by atoms with van der Waals surface area (Å²) >= 11 is 0. The van der Waals surface area contributed by atoms with E-state index in [1.165, 1.54) is 22.1 Å². The van der Waals surface area contributed by atoms with E-state index in [2.05, 4.69) is 58.4 Å². The highest BCUT2D eigenvalue weighted by atomic mass is 19.4. The molecule has 0 radical (unpaired) electrons. The molecule has 0 atom stereocenters. The monoisotopic (exact) mass is 399 g/mol. The van der Waals surface area contributed by atoms with Gasteiger partial charge in [-0.1, -0.05) is 60.7 Å². The summed E-state index contributed by atoms with van der Waals surface area (Å²) in [6, 6.07) is 23.9. The highest BCUT2D eigenvalue weighted by Crippen LogP contribution is 2.28. The van der Waals surface area contributed by atoms with E-state index in [1.54, 1.807) is 0 Å². The molecule has 2 heterocycles. The molecule has 2 aromatic carbocycles. The van der Waals surface area contributed by atoms with Gasteiger partial charge in [0.25, 0.3) is 5.82 Å². The number of alkyl halides is 3. The van der Waals surface area contributed by atoms with E-state index in [4.69, 9.17) is 0 Å². The molecule has 3 nitrogen and oxygen atoms in total. The Morgan fingerprint density at radius 2 is 1.34 bits per heavy atom. The van der Waals surface area contributed by atoms with Crippen molar-refractivity contribution in [2.24, 2.45) is 0 Å². The summed E-state index contributed by atoms with van der Waals surface area (Å²) in [4.78, 5) is 6.40. The summed E-state index contributed by atoms with van der Waals surface area (Å²) in [7, 11) is 0. The van der Waals surface area contributed by atoms with Crippen LogP contribution in [0.25, 0.3) is 0 Å². The fourth-order valence-corrected chi connectivity index (χ4v) is 4.07. The van der Waals surface area contributed by atoms with Gasteiger partial charge in [0.1, 0.15) is 38.4 Å². The van der Waals surface area contributed by atoms with Crippen LogP contribution in [0.15, 0.2) is 79.0 Å². The van der Waals surface area contributed by atoms with Gasteiger partial charge < -0.3 is 4.90 Å². The molecule has 4 rings (SSSR count). The minimum absolute atomic E-state index is 0.246. The number of piperazine rings is 1. The maximum absolute atomic E-state index is 12.8. The molecule has 150 valence electrons. The van der Waals surface area contributed by atoms with Crippen LogP contribution in [0.2, 0.25) is 0 Å². The summed E-state index contributed by atoms with van der Waals surface area (Å²) in [5.74, 6) is 0.730. The number of benzene rings is 2. The molecule has 29 heavy (non-hydrogen) atoms. The van der Waals surface area contributed by atoms with Gasteiger partial charge in [0, 0.05) is 17.2 Å². The van der Waals surface area contributed by atoms with Crippen molar-refractivity contribution in [3.05, 3.63) is 95.7 Å². The number of aromatic nitrogens is 1. The maximum Gasteiger partial charge on any atom is 0.419 e. The zero-order chi connectivity index (χ0) is 20.3. The van der Waals surface area contributed by atoms with Gasteiger partial charge in [-0.15, -0.1) is 0 Å². The third-order valence-electron chi connectivity index (χ3n) is 5.54. The van der Waals surface area contributed by atoms with Crippen molar-refractivity contribution in [1.29, 1.82) is 0 Å². The van der Waals surface area contributed by atoms with Gasteiger partial charge in [-0.25, -0.2) is 4.98 Å². The fourth-order valence-electron chi connectivity index (χ4n) is 4.07. The Labute approximate surface area is 168 Å². The lowest BCUT2D eigenvalue weighted by Gasteiger charge is -2.34. The average Bonchev–Trinajstić information content (AvgIpc) is 2.76. The van der Waals surface area contributed by atoms with Crippen LogP contribution < -0.4 is 14.8 Å². The number of pyridine rings is 1. The highest BCUT2D eigenvalue weighted by Gasteiger charge is 2.35. The van der Waals surface area contributed by atoms with Crippen molar-refractivity contribution in [3.8, 4) is 0 Å². The van der Waals surface area contributed by atoms with Crippen molar-refractivity contribution in [2.75, 3.05) is 31.1 Å². The number of H-pyrrole nitrogens is 1. The molecule has 1 aromatic heterocycles. The molecule has 1 saturated heterocycles. The molecular formula is C23H24F3N3+2. The van der Waals surface area contributed by atoms with E-state index >= 15 is 0 Å². The molecule has 0 saturated carbocycles. The number of nitrogens with zero attached hydrogens (tertiary/aromatic N) is 1. The van der Waals surface area contributed by atoms with Crippen LogP contribution in [0.3, 0.4) is 0 Å². The molecule has 1 aliphatic rings. The second-order valence-corrected chi connectivity index (χ2v) is 7.36. The lowest BCUT2D eigenvalue weighted by atomic mass is 9.96. The number of halogens is 3. The molecule has 0 bridgehead atoms. The van der Waals surface area contributed by atoms with Gasteiger partial charge in [-0.05, 0) is 6.07 Å². The first-order valence-corrected chi connectivity index (χ1v) is 9.81. The molecule has 6 heteroatoms. The topological polar surface area (TPSA) is 21.8 Å². The molecule has 1 aliphatic heterocycles. The Bertz CT molecular complexity index is 864. The van der Waals surface area contributed by atoms with E-state index in [0.717, 1.165) is 44.3 Å².